The molecule has 4 heterocycles. The highest BCUT2D eigenvalue weighted by Gasteiger charge is 2.43. The summed E-state index contributed by atoms with van der Waals surface area (Å²) < 4.78 is 17.1. The van der Waals surface area contributed by atoms with Crippen LogP contribution in [-0.2, 0) is 13.5 Å². The quantitative estimate of drug-likeness (QED) is 0.394. The van der Waals surface area contributed by atoms with Crippen LogP contribution in [0.25, 0.3) is 22.0 Å². The molecule has 0 saturated carbocycles. The smallest absolute Gasteiger partial charge is 0.322 e. The Labute approximate surface area is 200 Å². The van der Waals surface area contributed by atoms with Crippen molar-refractivity contribution in [3.63, 3.8) is 0 Å². The van der Waals surface area contributed by atoms with Crippen LogP contribution in [-0.4, -0.2) is 26.5 Å². The lowest BCUT2D eigenvalue weighted by Gasteiger charge is -2.36. The van der Waals surface area contributed by atoms with Gasteiger partial charge in [-0.25, -0.2) is 9.18 Å². The average Bonchev–Trinajstić information content (AvgIpc) is 3.34. The van der Waals surface area contributed by atoms with E-state index >= 15 is 4.39 Å². The van der Waals surface area contributed by atoms with E-state index in [1.165, 1.54) is 12.1 Å². The predicted octanol–water partition coefficient (Wildman–Crippen LogP) is 5.62. The van der Waals surface area contributed by atoms with E-state index < -0.39 is 5.82 Å². The summed E-state index contributed by atoms with van der Waals surface area (Å²) in [6, 6.07) is 11.8. The Bertz CT molecular complexity index is 1530. The van der Waals surface area contributed by atoms with E-state index in [2.05, 4.69) is 10.3 Å². The van der Waals surface area contributed by atoms with Crippen molar-refractivity contribution in [1.82, 2.24) is 14.5 Å². The van der Waals surface area contributed by atoms with Gasteiger partial charge in [-0.15, -0.1) is 0 Å². The number of carbonyl (C=O) groups is 1. The second kappa shape index (κ2) is 7.74. The Morgan fingerprint density at radius 3 is 2.88 bits per heavy atom. The fraction of sp³-hybridized carbons (Fsp3) is 0.231. The van der Waals surface area contributed by atoms with E-state index in [1.54, 1.807) is 17.2 Å². The van der Waals surface area contributed by atoms with Crippen molar-refractivity contribution in [3.05, 3.63) is 87.2 Å². The number of amides is 2. The number of urea groups is 1. The molecule has 4 aromatic rings. The zero-order valence-corrected chi connectivity index (χ0v) is 19.2. The molecule has 6 rings (SSSR count). The number of pyridine rings is 1. The van der Waals surface area contributed by atoms with Gasteiger partial charge in [0.05, 0.1) is 16.8 Å². The molecule has 2 bridgehead atoms. The van der Waals surface area contributed by atoms with Gasteiger partial charge in [-0.2, -0.15) is 0 Å². The largest absolute Gasteiger partial charge is 0.351 e. The van der Waals surface area contributed by atoms with Crippen molar-refractivity contribution in [2.24, 2.45) is 7.05 Å². The number of nitrogens with one attached hydrogen (secondary N) is 2. The van der Waals surface area contributed by atoms with Gasteiger partial charge in [-0.05, 0) is 66.3 Å². The van der Waals surface area contributed by atoms with Gasteiger partial charge >= 0.3 is 6.03 Å². The molecule has 0 radical (unpaired) electrons. The Balaban J connectivity index is 1.28. The summed E-state index contributed by atoms with van der Waals surface area (Å²) in [6.07, 6.45) is 5.93. The maximum Gasteiger partial charge on any atom is 0.322 e. The van der Waals surface area contributed by atoms with Crippen LogP contribution in [0.1, 0.15) is 30.0 Å². The molecule has 2 aliphatic heterocycles. The minimum Gasteiger partial charge on any atom is -0.351 e. The maximum atomic E-state index is 15.1. The van der Waals surface area contributed by atoms with Crippen LogP contribution in [0.5, 0.6) is 0 Å². The lowest BCUT2D eigenvalue weighted by Crippen LogP contribution is -2.44. The predicted molar refractivity (Wildman–Crippen MR) is 131 cm³/mol. The number of hydrogen-bond donors (Lipinski definition) is 2. The molecule has 172 valence electrons. The molecule has 0 aliphatic carbocycles. The number of H-pyrrole nitrogens is 1. The van der Waals surface area contributed by atoms with Gasteiger partial charge in [0.15, 0.2) is 0 Å². The highest BCUT2D eigenvalue weighted by atomic mass is 35.5. The van der Waals surface area contributed by atoms with Gasteiger partial charge in [0, 0.05) is 48.0 Å². The first-order valence-corrected chi connectivity index (χ1v) is 11.6. The maximum absolute atomic E-state index is 15.1. The standard InChI is InChI=1S/C26H22ClFN4O2/c1-31-7-6-15-8-14(2-4-23(15)31)18-11-21(28)22(12-20(18)27)30-26(34)32-17-3-5-24(32)19-13-29-25(33)10-16(19)9-17/h2,4,6-8,10-13,17,24H,3,5,9H2,1H3,(H,29,33)(H,30,34)/t17-,24+/m0/s1. The molecule has 2 aromatic carbocycles. The van der Waals surface area contributed by atoms with E-state index in [0.29, 0.717) is 17.0 Å². The molecule has 2 amide bonds. The number of aryl methyl sites for hydroxylation is 1. The molecule has 6 nitrogen and oxygen atoms in total. The summed E-state index contributed by atoms with van der Waals surface area (Å²) in [7, 11) is 1.97. The Morgan fingerprint density at radius 1 is 1.18 bits per heavy atom. The normalized spacial score (nSPS) is 18.9. The third-order valence-electron chi connectivity index (χ3n) is 7.09. The summed E-state index contributed by atoms with van der Waals surface area (Å²) in [6.45, 7) is 0. The minimum absolute atomic E-state index is 0.0188. The van der Waals surface area contributed by atoms with E-state index in [9.17, 15) is 9.59 Å². The summed E-state index contributed by atoms with van der Waals surface area (Å²) >= 11 is 6.54. The molecule has 8 heteroatoms. The fourth-order valence-corrected chi connectivity index (χ4v) is 5.73. The molecule has 2 atom stereocenters. The first kappa shape index (κ1) is 21.0. The topological polar surface area (TPSA) is 70.1 Å². The van der Waals surface area contributed by atoms with Gasteiger partial charge < -0.3 is 19.8 Å². The summed E-state index contributed by atoms with van der Waals surface area (Å²) in [5.74, 6) is -0.546. The molecule has 0 unspecified atom stereocenters. The molecule has 34 heavy (non-hydrogen) atoms. The van der Waals surface area contributed by atoms with Gasteiger partial charge in [0.2, 0.25) is 5.56 Å². The van der Waals surface area contributed by atoms with Crippen LogP contribution in [0.2, 0.25) is 5.02 Å². The Kier molecular flexibility index (Phi) is 4.78. The molecule has 2 N–H and O–H groups in total. The lowest BCUT2D eigenvalue weighted by molar-refractivity contribution is 0.179. The van der Waals surface area contributed by atoms with E-state index in [-0.39, 0.29) is 29.4 Å². The second-order valence-corrected chi connectivity index (χ2v) is 9.49. The number of rotatable bonds is 2. The second-order valence-electron chi connectivity index (χ2n) is 9.08. The Hall–Kier alpha value is -3.58. The first-order valence-electron chi connectivity index (χ1n) is 11.2. The van der Waals surface area contributed by atoms with Crippen molar-refractivity contribution in [1.29, 1.82) is 0 Å². The summed E-state index contributed by atoms with van der Waals surface area (Å²) in [4.78, 5) is 29.4. The molecular weight excluding hydrogens is 455 g/mol. The number of fused-ring (bicyclic) bond motifs is 5. The Morgan fingerprint density at radius 2 is 2.03 bits per heavy atom. The number of benzene rings is 2. The van der Waals surface area contributed by atoms with E-state index in [1.807, 2.05) is 42.1 Å². The molecule has 2 aliphatic rings. The van der Waals surface area contributed by atoms with Crippen molar-refractivity contribution >= 4 is 34.2 Å². The van der Waals surface area contributed by atoms with E-state index in [0.717, 1.165) is 40.4 Å². The molecular formula is C26H22ClFN4O2. The van der Waals surface area contributed by atoms with Gasteiger partial charge in [0.25, 0.3) is 0 Å². The van der Waals surface area contributed by atoms with E-state index in [4.69, 9.17) is 11.6 Å². The summed E-state index contributed by atoms with van der Waals surface area (Å²) in [5.41, 5.74) is 4.29. The SMILES string of the molecule is Cn1ccc2cc(-c3cc(F)c(NC(=O)N4[C@H]5CC[C@@H]4c4c[nH]c(=O)cc4C5)cc3Cl)ccc21. The van der Waals surface area contributed by atoms with Crippen molar-refractivity contribution in [3.8, 4) is 11.1 Å². The number of aromatic amines is 1. The van der Waals surface area contributed by atoms with Crippen LogP contribution in [0.15, 0.2) is 59.7 Å². The monoisotopic (exact) mass is 476 g/mol. The third kappa shape index (κ3) is 3.30. The minimum atomic E-state index is -0.546. The van der Waals surface area contributed by atoms with Gasteiger partial charge in [-0.3, -0.25) is 4.79 Å². The number of aromatic nitrogens is 2. The number of carbonyl (C=O) groups excluding carboxylic acids is 1. The molecule has 1 saturated heterocycles. The fourth-order valence-electron chi connectivity index (χ4n) is 5.45. The van der Waals surface area contributed by atoms with Crippen molar-refractivity contribution in [2.75, 3.05) is 5.32 Å². The molecule has 2 aromatic heterocycles. The van der Waals surface area contributed by atoms with Crippen molar-refractivity contribution < 1.29 is 9.18 Å². The number of hydrogen-bond acceptors (Lipinski definition) is 2. The van der Waals surface area contributed by atoms with Gasteiger partial charge in [0.1, 0.15) is 5.82 Å². The highest BCUT2D eigenvalue weighted by Crippen LogP contribution is 2.43. The van der Waals surface area contributed by atoms with Gasteiger partial charge in [-0.1, -0.05) is 17.7 Å². The first-order chi connectivity index (χ1) is 16.4. The highest BCUT2D eigenvalue weighted by molar-refractivity contribution is 6.33. The van der Waals surface area contributed by atoms with Crippen molar-refractivity contribution in [2.45, 2.75) is 31.3 Å². The number of nitrogens with zero attached hydrogens (tertiary/aromatic N) is 2. The summed E-state index contributed by atoms with van der Waals surface area (Å²) in [5, 5.41) is 4.12. The van der Waals surface area contributed by atoms with Crippen LogP contribution in [0, 0.1) is 5.82 Å². The van der Waals surface area contributed by atoms with Crippen LogP contribution >= 0.6 is 11.6 Å². The molecule has 1 fully saturated rings. The zero-order chi connectivity index (χ0) is 23.6. The van der Waals surface area contributed by atoms with Crippen LogP contribution in [0.4, 0.5) is 14.9 Å². The molecule has 0 spiro atoms. The number of halogens is 2. The van der Waals surface area contributed by atoms with Crippen LogP contribution in [0.3, 0.4) is 0 Å². The third-order valence-corrected chi connectivity index (χ3v) is 7.40. The average molecular weight is 477 g/mol. The number of anilines is 1. The lowest BCUT2D eigenvalue weighted by atomic mass is 9.95. The zero-order valence-electron chi connectivity index (χ0n) is 18.4. The van der Waals surface area contributed by atoms with Crippen LogP contribution < -0.4 is 10.9 Å².